The highest BCUT2D eigenvalue weighted by molar-refractivity contribution is 8.02. The van der Waals surface area contributed by atoms with Crippen LogP contribution in [0.3, 0.4) is 0 Å². The van der Waals surface area contributed by atoms with Gasteiger partial charge in [0, 0.05) is 17.3 Å². The maximum Gasteiger partial charge on any atom is 0.311 e. The Balaban J connectivity index is 1.65. The normalized spacial score (nSPS) is 34.9. The first-order valence-corrected chi connectivity index (χ1v) is 13.0. The number of amides is 2. The molecule has 0 saturated carbocycles. The molecule has 4 aliphatic heterocycles. The van der Waals surface area contributed by atoms with Gasteiger partial charge in [-0.15, -0.1) is 11.8 Å². The molecule has 2 saturated heterocycles. The summed E-state index contributed by atoms with van der Waals surface area (Å²) in [6, 6.07) is 8.19. The second-order valence-corrected chi connectivity index (χ2v) is 12.1. The fourth-order valence-corrected chi connectivity index (χ4v) is 8.45. The molecule has 6 atom stereocenters. The zero-order valence-electron chi connectivity index (χ0n) is 20.3. The molecule has 1 N–H and O–H groups in total. The number of benzene rings is 1. The van der Waals surface area contributed by atoms with Gasteiger partial charge in [-0.05, 0) is 38.8 Å². The fraction of sp³-hybridized carbons (Fsp3) is 0.519. The molecular formula is C27H32N2O5S. The Labute approximate surface area is 210 Å². The van der Waals surface area contributed by atoms with Crippen LogP contribution in [0, 0.1) is 11.8 Å². The second-order valence-electron chi connectivity index (χ2n) is 10.3. The lowest BCUT2D eigenvalue weighted by Gasteiger charge is -2.40. The van der Waals surface area contributed by atoms with Crippen molar-refractivity contribution in [2.75, 3.05) is 19.8 Å². The number of nitrogens with zero attached hydrogens (tertiary/aromatic N) is 2. The molecule has 2 amide bonds. The predicted octanol–water partition coefficient (Wildman–Crippen LogP) is 2.20. The highest BCUT2D eigenvalue weighted by atomic mass is 32.2. The quantitative estimate of drug-likeness (QED) is 0.497. The largest absolute Gasteiger partial charge is 0.461 e. The topological polar surface area (TPSA) is 87.2 Å². The van der Waals surface area contributed by atoms with E-state index < -0.39 is 39.4 Å². The Morgan fingerprint density at radius 2 is 1.83 bits per heavy atom. The fourth-order valence-electron chi connectivity index (χ4n) is 6.31. The molecular weight excluding hydrogens is 464 g/mol. The van der Waals surface area contributed by atoms with E-state index in [-0.39, 0.29) is 31.1 Å². The smallest absolute Gasteiger partial charge is 0.311 e. The van der Waals surface area contributed by atoms with Crippen LogP contribution in [0.15, 0.2) is 54.6 Å². The highest BCUT2D eigenvalue weighted by Gasteiger charge is 2.74. The van der Waals surface area contributed by atoms with Gasteiger partial charge >= 0.3 is 5.97 Å². The molecule has 7 nitrogen and oxygen atoms in total. The number of esters is 1. The molecule has 2 fully saturated rings. The van der Waals surface area contributed by atoms with E-state index >= 15 is 0 Å². The molecule has 8 heteroatoms. The summed E-state index contributed by atoms with van der Waals surface area (Å²) in [5.41, 5.74) is 0.970. The van der Waals surface area contributed by atoms with E-state index in [9.17, 15) is 19.5 Å². The molecule has 4 heterocycles. The minimum absolute atomic E-state index is 0.0580. The van der Waals surface area contributed by atoms with Crippen LogP contribution in [0.2, 0.25) is 0 Å². The molecule has 4 aliphatic rings. The zero-order chi connectivity index (χ0) is 25.0. The Bertz CT molecular complexity index is 1090. The molecule has 1 unspecified atom stereocenters. The van der Waals surface area contributed by atoms with Gasteiger partial charge in [0.2, 0.25) is 11.8 Å². The molecule has 35 heavy (non-hydrogen) atoms. The van der Waals surface area contributed by atoms with E-state index in [0.717, 1.165) is 5.56 Å². The molecule has 1 aromatic rings. The molecule has 1 spiro atoms. The maximum atomic E-state index is 14.3. The molecule has 0 bridgehead atoms. The van der Waals surface area contributed by atoms with Crippen LogP contribution in [0.4, 0.5) is 0 Å². The van der Waals surface area contributed by atoms with E-state index in [0.29, 0.717) is 13.0 Å². The van der Waals surface area contributed by atoms with E-state index in [1.165, 1.54) is 11.8 Å². The standard InChI is InChI=1S/C27H32N2O5S/c1-17(2)28-13-7-12-27-20(21-25(33)34-14-8-11-26(21,3)35-27)23(31)29(22(27)24(28)32)19(16-30)15-18-9-5-4-6-10-18/h4-12,17,19-22,30H,13-16H2,1-3H3/t19-,20+,21-,22?,26+,27+/m1/s1. The summed E-state index contributed by atoms with van der Waals surface area (Å²) in [5.74, 6) is -2.28. The lowest BCUT2D eigenvalue weighted by molar-refractivity contribution is -0.153. The number of hydrogen-bond acceptors (Lipinski definition) is 6. The van der Waals surface area contributed by atoms with Crippen molar-refractivity contribution in [1.82, 2.24) is 9.80 Å². The van der Waals surface area contributed by atoms with E-state index in [1.54, 1.807) is 9.80 Å². The number of aliphatic hydroxyl groups is 1. The van der Waals surface area contributed by atoms with Gasteiger partial charge in [-0.1, -0.05) is 48.6 Å². The third kappa shape index (κ3) is 3.64. The summed E-state index contributed by atoms with van der Waals surface area (Å²) in [6.45, 7) is 6.22. The van der Waals surface area contributed by atoms with Gasteiger partial charge < -0.3 is 19.6 Å². The minimum Gasteiger partial charge on any atom is -0.461 e. The van der Waals surface area contributed by atoms with Crippen LogP contribution < -0.4 is 0 Å². The zero-order valence-corrected chi connectivity index (χ0v) is 21.1. The van der Waals surface area contributed by atoms with E-state index in [4.69, 9.17) is 4.74 Å². The van der Waals surface area contributed by atoms with Gasteiger partial charge in [-0.25, -0.2) is 0 Å². The average molecular weight is 497 g/mol. The molecule has 0 aliphatic carbocycles. The van der Waals surface area contributed by atoms with Crippen molar-refractivity contribution in [1.29, 1.82) is 0 Å². The minimum atomic E-state index is -0.929. The number of hydrogen-bond donors (Lipinski definition) is 1. The lowest BCUT2D eigenvalue weighted by atomic mass is 9.75. The van der Waals surface area contributed by atoms with Crippen molar-refractivity contribution >= 4 is 29.5 Å². The number of rotatable bonds is 5. The van der Waals surface area contributed by atoms with Gasteiger partial charge in [0.05, 0.1) is 29.2 Å². The van der Waals surface area contributed by atoms with Crippen molar-refractivity contribution in [2.24, 2.45) is 11.8 Å². The van der Waals surface area contributed by atoms with Crippen LogP contribution in [0.5, 0.6) is 0 Å². The number of carbonyl (C=O) groups is 3. The third-order valence-corrected chi connectivity index (χ3v) is 9.62. The summed E-state index contributed by atoms with van der Waals surface area (Å²) < 4.78 is 3.87. The summed E-state index contributed by atoms with van der Waals surface area (Å²) in [6.07, 6.45) is 8.16. The summed E-state index contributed by atoms with van der Waals surface area (Å²) in [7, 11) is 0. The van der Waals surface area contributed by atoms with Crippen LogP contribution in [0.25, 0.3) is 0 Å². The van der Waals surface area contributed by atoms with Crippen LogP contribution in [0.1, 0.15) is 26.3 Å². The first-order chi connectivity index (χ1) is 16.7. The van der Waals surface area contributed by atoms with E-state index in [2.05, 4.69) is 0 Å². The number of likely N-dealkylation sites (tertiary alicyclic amines) is 1. The molecule has 0 radical (unpaired) electrons. The second kappa shape index (κ2) is 8.82. The summed E-state index contributed by atoms with van der Waals surface area (Å²) >= 11 is 1.52. The Kier molecular flexibility index (Phi) is 6.08. The van der Waals surface area contributed by atoms with Crippen molar-refractivity contribution in [3.63, 3.8) is 0 Å². The highest BCUT2D eigenvalue weighted by Crippen LogP contribution is 2.65. The lowest BCUT2D eigenvalue weighted by Crippen LogP contribution is -2.58. The van der Waals surface area contributed by atoms with Crippen molar-refractivity contribution < 1.29 is 24.2 Å². The monoisotopic (exact) mass is 496 g/mol. The number of thioether (sulfide) groups is 1. The van der Waals surface area contributed by atoms with Crippen LogP contribution in [-0.4, -0.2) is 80.1 Å². The van der Waals surface area contributed by atoms with Gasteiger partial charge in [0.15, 0.2) is 0 Å². The SMILES string of the molecule is CC(C)N1CC=C[C@]23S[C@@]4(C)C=CCOC(=O)[C@H]4[C@H]2C(=O)N([C@@H](CO)Cc2ccccc2)C3C1=O. The predicted molar refractivity (Wildman–Crippen MR) is 133 cm³/mol. The van der Waals surface area contributed by atoms with Crippen molar-refractivity contribution in [2.45, 2.75) is 54.8 Å². The molecule has 1 aromatic carbocycles. The third-order valence-electron chi connectivity index (χ3n) is 7.82. The number of carbonyl (C=O) groups excluding carboxylic acids is 3. The number of cyclic esters (lactones) is 1. The number of aliphatic hydroxyl groups excluding tert-OH is 1. The molecule has 5 rings (SSSR count). The van der Waals surface area contributed by atoms with Gasteiger partial charge in [-0.3, -0.25) is 14.4 Å². The van der Waals surface area contributed by atoms with Crippen molar-refractivity contribution in [3.8, 4) is 0 Å². The molecule has 186 valence electrons. The Morgan fingerprint density at radius 1 is 1.09 bits per heavy atom. The number of fused-ring (bicyclic) bond motifs is 2. The first kappa shape index (κ1) is 24.1. The van der Waals surface area contributed by atoms with Gasteiger partial charge in [-0.2, -0.15) is 0 Å². The van der Waals surface area contributed by atoms with Gasteiger partial charge in [0.1, 0.15) is 12.6 Å². The maximum absolute atomic E-state index is 14.3. The summed E-state index contributed by atoms with van der Waals surface area (Å²) in [4.78, 5) is 45.0. The molecule has 0 aromatic heterocycles. The van der Waals surface area contributed by atoms with Crippen LogP contribution >= 0.6 is 11.8 Å². The van der Waals surface area contributed by atoms with E-state index in [1.807, 2.05) is 75.4 Å². The summed E-state index contributed by atoms with van der Waals surface area (Å²) in [5, 5.41) is 10.5. The average Bonchev–Trinajstić information content (AvgIpc) is 3.09. The van der Waals surface area contributed by atoms with Crippen LogP contribution in [-0.2, 0) is 25.5 Å². The Morgan fingerprint density at radius 3 is 2.51 bits per heavy atom. The van der Waals surface area contributed by atoms with Gasteiger partial charge in [0.25, 0.3) is 0 Å². The Hall–Kier alpha value is -2.58. The van der Waals surface area contributed by atoms with Crippen molar-refractivity contribution in [3.05, 3.63) is 60.2 Å². The number of ether oxygens (including phenoxy) is 1. The first-order valence-electron chi connectivity index (χ1n) is 12.2.